The molecule has 0 amide bonds. The lowest BCUT2D eigenvalue weighted by atomic mass is 10.2. The van der Waals surface area contributed by atoms with E-state index in [9.17, 15) is 19.7 Å². The number of nitro groups is 1. The number of carbonyl (C=O) groups is 2. The van der Waals surface area contributed by atoms with Crippen molar-refractivity contribution in [3.05, 3.63) is 62.0 Å². The highest BCUT2D eigenvalue weighted by Gasteiger charge is 2.19. The highest BCUT2D eigenvalue weighted by Crippen LogP contribution is 2.26. The fraction of sp³-hybridized carbons (Fsp3) is 0.143. The normalized spacial score (nSPS) is 10.2. The molecule has 0 aliphatic rings. The van der Waals surface area contributed by atoms with E-state index >= 15 is 0 Å². The maximum absolute atomic E-state index is 12.0. The fourth-order valence-corrected chi connectivity index (χ4v) is 2.12. The summed E-state index contributed by atoms with van der Waals surface area (Å²) in [6.45, 7) is -0.233. The van der Waals surface area contributed by atoms with Crippen molar-refractivity contribution in [2.24, 2.45) is 0 Å². The Morgan fingerprint density at radius 1 is 1.30 bits per heavy atom. The van der Waals surface area contributed by atoms with Crippen LogP contribution in [0.5, 0.6) is 0 Å². The van der Waals surface area contributed by atoms with Crippen LogP contribution in [-0.4, -0.2) is 24.0 Å². The van der Waals surface area contributed by atoms with Crippen LogP contribution in [0.2, 0.25) is 0 Å². The first-order valence-electron chi connectivity index (χ1n) is 6.19. The van der Waals surface area contributed by atoms with Crippen molar-refractivity contribution in [3.8, 4) is 0 Å². The van der Waals surface area contributed by atoms with Gasteiger partial charge >= 0.3 is 11.9 Å². The van der Waals surface area contributed by atoms with Crippen LogP contribution >= 0.6 is 15.9 Å². The molecular formula is C14H10BrNO7. The van der Waals surface area contributed by atoms with E-state index in [1.165, 1.54) is 31.6 Å². The third-order valence-electron chi connectivity index (χ3n) is 2.85. The zero-order valence-corrected chi connectivity index (χ0v) is 13.4. The molecule has 0 N–H and O–H groups in total. The lowest BCUT2D eigenvalue weighted by molar-refractivity contribution is -0.385. The Morgan fingerprint density at radius 2 is 2.04 bits per heavy atom. The maximum Gasteiger partial charge on any atom is 0.374 e. The van der Waals surface area contributed by atoms with E-state index in [4.69, 9.17) is 9.15 Å². The minimum absolute atomic E-state index is 0.0167. The molecule has 0 aliphatic heterocycles. The van der Waals surface area contributed by atoms with Crippen LogP contribution in [0.25, 0.3) is 0 Å². The Bertz CT molecular complexity index is 768. The van der Waals surface area contributed by atoms with E-state index in [-0.39, 0.29) is 28.1 Å². The summed E-state index contributed by atoms with van der Waals surface area (Å²) in [5, 5.41) is 10.9. The Morgan fingerprint density at radius 3 is 2.70 bits per heavy atom. The first-order valence-corrected chi connectivity index (χ1v) is 6.99. The van der Waals surface area contributed by atoms with E-state index < -0.39 is 16.9 Å². The zero-order valence-electron chi connectivity index (χ0n) is 11.8. The molecule has 0 saturated carbocycles. The average molecular weight is 384 g/mol. The van der Waals surface area contributed by atoms with E-state index in [2.05, 4.69) is 20.7 Å². The Hall–Kier alpha value is -2.68. The van der Waals surface area contributed by atoms with Crippen molar-refractivity contribution in [1.82, 2.24) is 0 Å². The minimum Gasteiger partial charge on any atom is -0.463 e. The predicted octanol–water partition coefficient (Wildman–Crippen LogP) is 3.09. The monoisotopic (exact) mass is 383 g/mol. The zero-order chi connectivity index (χ0) is 17.0. The molecule has 0 bridgehead atoms. The molecule has 1 heterocycles. The number of methoxy groups -OCH3 is 1. The van der Waals surface area contributed by atoms with Crippen LogP contribution in [0, 0.1) is 10.1 Å². The van der Waals surface area contributed by atoms with Crippen molar-refractivity contribution in [3.63, 3.8) is 0 Å². The molecule has 9 heteroatoms. The molecular weight excluding hydrogens is 374 g/mol. The Balaban J connectivity index is 2.12. The molecule has 1 aromatic carbocycles. The number of rotatable bonds is 5. The predicted molar refractivity (Wildman–Crippen MR) is 80.0 cm³/mol. The number of furan rings is 1. The molecule has 0 fully saturated rings. The summed E-state index contributed by atoms with van der Waals surface area (Å²) in [7, 11) is 1.20. The van der Waals surface area contributed by atoms with Gasteiger partial charge < -0.3 is 13.9 Å². The molecule has 1 aromatic heterocycles. The van der Waals surface area contributed by atoms with Gasteiger partial charge in [0.2, 0.25) is 5.76 Å². The molecule has 0 spiro atoms. The van der Waals surface area contributed by atoms with E-state index in [0.29, 0.717) is 5.56 Å². The SMILES string of the molecule is COC(=O)c1occc1COC(=O)c1ccc(Br)c([N+](=O)[O-])c1. The van der Waals surface area contributed by atoms with Gasteiger partial charge in [0.1, 0.15) is 6.61 Å². The van der Waals surface area contributed by atoms with Crippen molar-refractivity contribution >= 4 is 33.6 Å². The standard InChI is InChI=1S/C14H10BrNO7/c1-21-14(18)12-9(4-5-22-12)7-23-13(17)8-2-3-10(15)11(6-8)16(19)20/h2-6H,7H2,1H3. The molecule has 2 aromatic rings. The summed E-state index contributed by atoms with van der Waals surface area (Å²) in [5.41, 5.74) is 0.0952. The van der Waals surface area contributed by atoms with Gasteiger partial charge in [0.15, 0.2) is 0 Å². The number of nitro benzene ring substituents is 1. The number of hydrogen-bond acceptors (Lipinski definition) is 7. The molecule has 2 rings (SSSR count). The van der Waals surface area contributed by atoms with Gasteiger partial charge in [-0.2, -0.15) is 0 Å². The van der Waals surface area contributed by atoms with Gasteiger partial charge in [-0.05, 0) is 34.1 Å². The second-order valence-electron chi connectivity index (χ2n) is 4.27. The minimum atomic E-state index is -0.766. The summed E-state index contributed by atoms with van der Waals surface area (Å²) in [6, 6.07) is 5.33. The largest absolute Gasteiger partial charge is 0.463 e. The molecule has 0 aliphatic carbocycles. The number of nitrogens with zero attached hydrogens (tertiary/aromatic N) is 1. The number of esters is 2. The van der Waals surface area contributed by atoms with Crippen LogP contribution in [0.3, 0.4) is 0 Å². The number of halogens is 1. The molecule has 8 nitrogen and oxygen atoms in total. The molecule has 120 valence electrons. The molecule has 0 atom stereocenters. The van der Waals surface area contributed by atoms with Crippen LogP contribution < -0.4 is 0 Å². The third-order valence-corrected chi connectivity index (χ3v) is 3.53. The van der Waals surface area contributed by atoms with Crippen molar-refractivity contribution in [1.29, 1.82) is 0 Å². The number of carbonyl (C=O) groups excluding carboxylic acids is 2. The summed E-state index contributed by atoms with van der Waals surface area (Å²) < 4.78 is 14.8. The summed E-state index contributed by atoms with van der Waals surface area (Å²) in [6.07, 6.45) is 1.26. The molecule has 0 unspecified atom stereocenters. The smallest absolute Gasteiger partial charge is 0.374 e. The van der Waals surface area contributed by atoms with Crippen LogP contribution in [0.15, 0.2) is 39.4 Å². The Labute approximate surface area is 138 Å². The topological polar surface area (TPSA) is 109 Å². The number of benzene rings is 1. The van der Waals surface area contributed by atoms with Crippen molar-refractivity contribution in [2.45, 2.75) is 6.61 Å². The van der Waals surface area contributed by atoms with Gasteiger partial charge in [-0.15, -0.1) is 0 Å². The summed E-state index contributed by atoms with van der Waals surface area (Å²) in [4.78, 5) is 33.6. The highest BCUT2D eigenvalue weighted by molar-refractivity contribution is 9.10. The van der Waals surface area contributed by atoms with E-state index in [1.54, 1.807) is 0 Å². The molecule has 23 heavy (non-hydrogen) atoms. The Kier molecular flexibility index (Phi) is 5.12. The van der Waals surface area contributed by atoms with Crippen LogP contribution in [0.1, 0.15) is 26.5 Å². The average Bonchev–Trinajstić information content (AvgIpc) is 3.00. The first-order chi connectivity index (χ1) is 10.9. The van der Waals surface area contributed by atoms with Gasteiger partial charge in [-0.3, -0.25) is 10.1 Å². The molecule has 0 saturated heterocycles. The van der Waals surface area contributed by atoms with Crippen LogP contribution in [-0.2, 0) is 16.1 Å². The van der Waals surface area contributed by atoms with Gasteiger partial charge in [0.05, 0.1) is 28.3 Å². The van der Waals surface area contributed by atoms with Gasteiger partial charge in [-0.1, -0.05) is 0 Å². The fourth-order valence-electron chi connectivity index (χ4n) is 1.73. The third kappa shape index (κ3) is 3.75. The van der Waals surface area contributed by atoms with Crippen LogP contribution in [0.4, 0.5) is 5.69 Å². The lowest BCUT2D eigenvalue weighted by Gasteiger charge is -2.05. The van der Waals surface area contributed by atoms with Gasteiger partial charge in [0.25, 0.3) is 5.69 Å². The lowest BCUT2D eigenvalue weighted by Crippen LogP contribution is -2.08. The maximum atomic E-state index is 12.0. The number of ether oxygens (including phenoxy) is 2. The first kappa shape index (κ1) is 16.7. The van der Waals surface area contributed by atoms with Crippen molar-refractivity contribution < 1.29 is 28.4 Å². The van der Waals surface area contributed by atoms with Gasteiger partial charge in [-0.25, -0.2) is 9.59 Å². The quantitative estimate of drug-likeness (QED) is 0.443. The highest BCUT2D eigenvalue weighted by atomic mass is 79.9. The van der Waals surface area contributed by atoms with Gasteiger partial charge in [0, 0.05) is 11.6 Å². The second kappa shape index (κ2) is 7.05. The second-order valence-corrected chi connectivity index (χ2v) is 5.12. The number of hydrogen-bond donors (Lipinski definition) is 0. The van der Waals surface area contributed by atoms with E-state index in [1.807, 2.05) is 0 Å². The summed E-state index contributed by atoms with van der Waals surface area (Å²) in [5.74, 6) is -1.53. The van der Waals surface area contributed by atoms with E-state index in [0.717, 1.165) is 6.07 Å². The molecule has 0 radical (unpaired) electrons. The van der Waals surface area contributed by atoms with Crippen molar-refractivity contribution in [2.75, 3.05) is 7.11 Å². The summed E-state index contributed by atoms with van der Waals surface area (Å²) >= 11 is 3.03.